The van der Waals surface area contributed by atoms with Gasteiger partial charge in [-0.3, -0.25) is 0 Å². The van der Waals surface area contributed by atoms with E-state index < -0.39 is 5.60 Å². The fraction of sp³-hybridized carbons (Fsp3) is 0.533. The Bertz CT molecular complexity index is 537. The number of ether oxygens (including phenoxy) is 1. The molecule has 0 radical (unpaired) electrons. The number of rotatable bonds is 0. The molecule has 1 heterocycles. The molecule has 1 aliphatic rings. The van der Waals surface area contributed by atoms with Gasteiger partial charge in [0.15, 0.2) is 0 Å². The minimum Gasteiger partial charge on any atom is -0.444 e. The number of nitrogens with zero attached hydrogens (tertiary/aromatic N) is 1. The number of carbonyl (C=O) groups is 1. The summed E-state index contributed by atoms with van der Waals surface area (Å²) in [7, 11) is 0. The van der Waals surface area contributed by atoms with E-state index in [1.54, 1.807) is 4.90 Å². The van der Waals surface area contributed by atoms with Crippen molar-refractivity contribution >= 4 is 29.3 Å². The van der Waals surface area contributed by atoms with Crippen LogP contribution in [-0.2, 0) is 11.2 Å². The smallest absolute Gasteiger partial charge is 0.410 e. The highest BCUT2D eigenvalue weighted by atomic mass is 35.5. The summed E-state index contributed by atoms with van der Waals surface area (Å²) in [5.74, 6) is 0. The van der Waals surface area contributed by atoms with Crippen LogP contribution in [0, 0.1) is 0 Å². The summed E-state index contributed by atoms with van der Waals surface area (Å²) in [6, 6.07) is 3.67. The lowest BCUT2D eigenvalue weighted by molar-refractivity contribution is 0.0160. The van der Waals surface area contributed by atoms with Crippen LogP contribution in [0.3, 0.4) is 0 Å². The second-order valence-corrected chi connectivity index (χ2v) is 6.88. The lowest BCUT2D eigenvalue weighted by Crippen LogP contribution is -2.42. The lowest BCUT2D eigenvalue weighted by atomic mass is 9.94. The molecule has 1 aliphatic heterocycles. The molecule has 5 heteroatoms. The molecule has 1 aromatic rings. The molecule has 0 aliphatic carbocycles. The highest BCUT2D eigenvalue weighted by Crippen LogP contribution is 2.35. The number of hydrogen-bond acceptors (Lipinski definition) is 2. The van der Waals surface area contributed by atoms with Gasteiger partial charge < -0.3 is 9.64 Å². The lowest BCUT2D eigenvalue weighted by Gasteiger charge is -2.36. The van der Waals surface area contributed by atoms with E-state index in [4.69, 9.17) is 27.9 Å². The monoisotopic (exact) mass is 315 g/mol. The van der Waals surface area contributed by atoms with Crippen molar-refractivity contribution in [2.24, 2.45) is 0 Å². The van der Waals surface area contributed by atoms with E-state index in [1.165, 1.54) is 0 Å². The van der Waals surface area contributed by atoms with Crippen molar-refractivity contribution in [1.29, 1.82) is 0 Å². The van der Waals surface area contributed by atoms with Gasteiger partial charge in [0.25, 0.3) is 0 Å². The molecule has 0 fully saturated rings. The minimum atomic E-state index is -0.491. The van der Waals surface area contributed by atoms with Crippen LogP contribution in [0.15, 0.2) is 12.1 Å². The molecule has 20 heavy (non-hydrogen) atoms. The summed E-state index contributed by atoms with van der Waals surface area (Å²) >= 11 is 12.1. The number of carbonyl (C=O) groups excluding carboxylic acids is 1. The van der Waals surface area contributed by atoms with E-state index in [2.05, 4.69) is 0 Å². The maximum atomic E-state index is 12.2. The van der Waals surface area contributed by atoms with Crippen LogP contribution in [0.5, 0.6) is 0 Å². The standard InChI is InChI=1S/C15H19Cl2NO2/c1-9-11-8-13(17)12(16)7-10(11)5-6-18(9)14(19)20-15(2,3)4/h7-9H,5-6H2,1-4H3. The zero-order chi connectivity index (χ0) is 15.1. The van der Waals surface area contributed by atoms with Crippen molar-refractivity contribution < 1.29 is 9.53 Å². The van der Waals surface area contributed by atoms with E-state index in [0.29, 0.717) is 16.6 Å². The zero-order valence-electron chi connectivity index (χ0n) is 12.2. The minimum absolute atomic E-state index is 0.0663. The Labute approximate surface area is 129 Å². The molecule has 2 rings (SSSR count). The van der Waals surface area contributed by atoms with E-state index >= 15 is 0 Å². The molecule has 0 saturated heterocycles. The van der Waals surface area contributed by atoms with Crippen LogP contribution in [0.2, 0.25) is 10.0 Å². The van der Waals surface area contributed by atoms with Crippen LogP contribution in [0.4, 0.5) is 4.79 Å². The summed E-state index contributed by atoms with van der Waals surface area (Å²) < 4.78 is 5.44. The number of fused-ring (bicyclic) bond motifs is 1. The second kappa shape index (κ2) is 5.45. The highest BCUT2D eigenvalue weighted by molar-refractivity contribution is 6.42. The number of halogens is 2. The number of benzene rings is 1. The van der Waals surface area contributed by atoms with Gasteiger partial charge in [-0.25, -0.2) is 4.79 Å². The van der Waals surface area contributed by atoms with Gasteiger partial charge in [-0.1, -0.05) is 23.2 Å². The Balaban J connectivity index is 2.25. The Hall–Kier alpha value is -0.930. The van der Waals surface area contributed by atoms with Gasteiger partial charge in [0.1, 0.15) is 5.60 Å². The third kappa shape index (κ3) is 3.21. The van der Waals surface area contributed by atoms with Gasteiger partial charge >= 0.3 is 6.09 Å². The van der Waals surface area contributed by atoms with Gasteiger partial charge in [0.2, 0.25) is 0 Å². The van der Waals surface area contributed by atoms with Crippen LogP contribution in [0.25, 0.3) is 0 Å². The van der Waals surface area contributed by atoms with Crippen LogP contribution in [0.1, 0.15) is 44.9 Å². The van der Waals surface area contributed by atoms with E-state index in [1.807, 2.05) is 39.8 Å². The molecular formula is C15H19Cl2NO2. The number of amides is 1. The molecule has 0 saturated carbocycles. The van der Waals surface area contributed by atoms with Gasteiger partial charge in [0.05, 0.1) is 16.1 Å². The van der Waals surface area contributed by atoms with Gasteiger partial charge in [-0.15, -0.1) is 0 Å². The SMILES string of the molecule is CC1c2cc(Cl)c(Cl)cc2CCN1C(=O)OC(C)(C)C. The predicted octanol–water partition coefficient (Wildman–Crippen LogP) is 4.85. The molecule has 1 aromatic carbocycles. The highest BCUT2D eigenvalue weighted by Gasteiger charge is 2.31. The topological polar surface area (TPSA) is 29.5 Å². The van der Waals surface area contributed by atoms with E-state index in [0.717, 1.165) is 17.5 Å². The van der Waals surface area contributed by atoms with Gasteiger partial charge in [-0.2, -0.15) is 0 Å². The summed E-state index contributed by atoms with van der Waals surface area (Å²) in [4.78, 5) is 14.0. The van der Waals surface area contributed by atoms with Crippen LogP contribution < -0.4 is 0 Å². The summed E-state index contributed by atoms with van der Waals surface area (Å²) in [5.41, 5.74) is 1.69. The molecule has 3 nitrogen and oxygen atoms in total. The summed E-state index contributed by atoms with van der Waals surface area (Å²) in [6.07, 6.45) is 0.470. The largest absolute Gasteiger partial charge is 0.444 e. The Morgan fingerprint density at radius 1 is 1.30 bits per heavy atom. The van der Waals surface area contributed by atoms with Crippen molar-refractivity contribution in [2.45, 2.75) is 45.8 Å². The zero-order valence-corrected chi connectivity index (χ0v) is 13.7. The van der Waals surface area contributed by atoms with E-state index in [-0.39, 0.29) is 12.1 Å². The van der Waals surface area contributed by atoms with Crippen LogP contribution in [-0.4, -0.2) is 23.1 Å². The molecule has 1 atom stereocenters. The quantitative estimate of drug-likeness (QED) is 0.685. The normalized spacial score (nSPS) is 18.7. The van der Waals surface area contributed by atoms with E-state index in [9.17, 15) is 4.79 Å². The Kier molecular flexibility index (Phi) is 4.22. The molecule has 0 aromatic heterocycles. The third-order valence-corrected chi connectivity index (χ3v) is 4.07. The van der Waals surface area contributed by atoms with Gasteiger partial charge in [-0.05, 0) is 57.4 Å². The molecule has 0 N–H and O–H groups in total. The average Bonchev–Trinajstić information content (AvgIpc) is 2.30. The molecule has 1 unspecified atom stereocenters. The van der Waals surface area contributed by atoms with Crippen molar-refractivity contribution in [3.05, 3.63) is 33.3 Å². The summed E-state index contributed by atoms with van der Waals surface area (Å²) in [6.45, 7) is 8.20. The van der Waals surface area contributed by atoms with Gasteiger partial charge in [0, 0.05) is 6.54 Å². The molecule has 110 valence electrons. The molecule has 0 spiro atoms. The molecular weight excluding hydrogens is 297 g/mol. The van der Waals surface area contributed by atoms with Crippen molar-refractivity contribution in [3.63, 3.8) is 0 Å². The van der Waals surface area contributed by atoms with Crippen LogP contribution >= 0.6 is 23.2 Å². The average molecular weight is 316 g/mol. The first-order valence-corrected chi connectivity index (χ1v) is 7.42. The number of hydrogen-bond donors (Lipinski definition) is 0. The molecule has 0 bridgehead atoms. The maximum Gasteiger partial charge on any atom is 0.410 e. The van der Waals surface area contributed by atoms with Crippen molar-refractivity contribution in [2.75, 3.05) is 6.54 Å². The third-order valence-electron chi connectivity index (χ3n) is 3.35. The molecule has 1 amide bonds. The first-order valence-electron chi connectivity index (χ1n) is 6.66. The predicted molar refractivity (Wildman–Crippen MR) is 81.5 cm³/mol. The maximum absolute atomic E-state index is 12.2. The second-order valence-electron chi connectivity index (χ2n) is 6.06. The fourth-order valence-corrected chi connectivity index (χ4v) is 2.74. The Morgan fingerprint density at radius 2 is 1.90 bits per heavy atom. The first kappa shape index (κ1) is 15.5. The first-order chi connectivity index (χ1) is 9.19. The summed E-state index contributed by atoms with van der Waals surface area (Å²) in [5, 5.41) is 1.08. The van der Waals surface area contributed by atoms with Crippen molar-refractivity contribution in [3.8, 4) is 0 Å². The fourth-order valence-electron chi connectivity index (χ4n) is 2.38. The van der Waals surface area contributed by atoms with Crippen molar-refractivity contribution in [1.82, 2.24) is 4.90 Å². The Morgan fingerprint density at radius 3 is 2.50 bits per heavy atom.